The van der Waals surface area contributed by atoms with Crippen molar-refractivity contribution in [2.24, 2.45) is 5.92 Å². The molecule has 2 aliphatic rings. The van der Waals surface area contributed by atoms with Crippen LogP contribution in [0.3, 0.4) is 0 Å². The van der Waals surface area contributed by atoms with Gasteiger partial charge in [-0.15, -0.1) is 0 Å². The first-order chi connectivity index (χ1) is 17.4. The van der Waals surface area contributed by atoms with Gasteiger partial charge in [-0.3, -0.25) is 9.59 Å². The molecule has 1 aliphatic heterocycles. The van der Waals surface area contributed by atoms with Crippen LogP contribution in [-0.4, -0.2) is 44.7 Å². The second-order valence-electron chi connectivity index (χ2n) is 9.48. The van der Waals surface area contributed by atoms with Crippen LogP contribution < -0.4 is 4.74 Å². The normalized spacial score (nSPS) is 18.3. The molecule has 3 aromatic rings. The Morgan fingerprint density at radius 1 is 1.31 bits per heavy atom. The standard InChI is InChI=1S/C27H26N4O5/c1-15(2)35-22-9-8-16(11-18(22)14-28)27-29-26(30-36-27)20-6-3-5-19-21(20)12-17-13-23(32)31(25(17)19)10-4-7-24(33)34/h3,5-6,8-9,11,15,17,25H,4,7,10,12-13H2,1-2H3,(H,33,34). The number of nitriles is 1. The number of carbonyl (C=O) groups excluding carboxylic acids is 1. The van der Waals surface area contributed by atoms with Gasteiger partial charge >= 0.3 is 5.97 Å². The van der Waals surface area contributed by atoms with Gasteiger partial charge in [0.05, 0.1) is 17.7 Å². The fourth-order valence-electron chi connectivity index (χ4n) is 5.27. The predicted octanol–water partition coefficient (Wildman–Crippen LogP) is 4.37. The molecule has 2 unspecified atom stereocenters. The summed E-state index contributed by atoms with van der Waals surface area (Å²) in [5, 5.41) is 22.7. The summed E-state index contributed by atoms with van der Waals surface area (Å²) in [6, 6.07) is 13.2. The van der Waals surface area contributed by atoms with E-state index in [1.165, 1.54) is 0 Å². The minimum Gasteiger partial charge on any atom is -0.490 e. The first-order valence-electron chi connectivity index (χ1n) is 12.0. The highest BCUT2D eigenvalue weighted by Gasteiger charge is 2.46. The molecule has 1 aromatic heterocycles. The largest absolute Gasteiger partial charge is 0.490 e. The quantitative estimate of drug-likeness (QED) is 0.497. The monoisotopic (exact) mass is 486 g/mol. The van der Waals surface area contributed by atoms with E-state index >= 15 is 0 Å². The van der Waals surface area contributed by atoms with Crippen LogP contribution in [0.4, 0.5) is 0 Å². The smallest absolute Gasteiger partial charge is 0.303 e. The van der Waals surface area contributed by atoms with Crippen molar-refractivity contribution in [1.29, 1.82) is 5.26 Å². The maximum absolute atomic E-state index is 12.6. The number of hydrogen-bond donors (Lipinski definition) is 1. The minimum atomic E-state index is -0.857. The molecule has 2 aromatic carbocycles. The summed E-state index contributed by atoms with van der Waals surface area (Å²) in [4.78, 5) is 30.0. The van der Waals surface area contributed by atoms with Gasteiger partial charge in [-0.25, -0.2) is 0 Å². The van der Waals surface area contributed by atoms with Gasteiger partial charge in [0.1, 0.15) is 11.8 Å². The molecule has 1 amide bonds. The Kier molecular flexibility index (Phi) is 6.18. The highest BCUT2D eigenvalue weighted by molar-refractivity contribution is 5.81. The molecule has 1 aliphatic carbocycles. The number of carboxylic acids is 1. The second kappa shape index (κ2) is 9.46. The third-order valence-electron chi connectivity index (χ3n) is 6.70. The third-order valence-corrected chi connectivity index (χ3v) is 6.70. The van der Waals surface area contributed by atoms with Crippen LogP contribution >= 0.6 is 0 Å². The molecule has 0 bridgehead atoms. The molecular formula is C27H26N4O5. The number of fused-ring (bicyclic) bond motifs is 3. The molecule has 9 heteroatoms. The van der Waals surface area contributed by atoms with Crippen molar-refractivity contribution in [1.82, 2.24) is 15.0 Å². The first kappa shape index (κ1) is 23.5. The first-order valence-corrected chi connectivity index (χ1v) is 12.0. The van der Waals surface area contributed by atoms with Crippen molar-refractivity contribution in [2.75, 3.05) is 6.54 Å². The molecule has 2 atom stereocenters. The van der Waals surface area contributed by atoms with Gasteiger partial charge in [-0.2, -0.15) is 10.2 Å². The van der Waals surface area contributed by atoms with Gasteiger partial charge in [0.2, 0.25) is 11.7 Å². The van der Waals surface area contributed by atoms with Crippen LogP contribution in [0.15, 0.2) is 40.9 Å². The Bertz CT molecular complexity index is 1370. The van der Waals surface area contributed by atoms with E-state index in [4.69, 9.17) is 14.4 Å². The lowest BCUT2D eigenvalue weighted by Crippen LogP contribution is -2.29. The number of carbonyl (C=O) groups is 2. The van der Waals surface area contributed by atoms with Crippen LogP contribution in [0.1, 0.15) is 55.8 Å². The molecule has 1 saturated heterocycles. The van der Waals surface area contributed by atoms with Crippen LogP contribution in [0.25, 0.3) is 22.8 Å². The molecule has 1 fully saturated rings. The summed E-state index contributed by atoms with van der Waals surface area (Å²) in [6.07, 6.45) is 1.59. The number of hydrogen-bond acceptors (Lipinski definition) is 7. The molecule has 9 nitrogen and oxygen atoms in total. The van der Waals surface area contributed by atoms with Crippen molar-refractivity contribution in [2.45, 2.75) is 51.7 Å². The molecule has 0 spiro atoms. The van der Waals surface area contributed by atoms with E-state index in [1.54, 1.807) is 18.2 Å². The van der Waals surface area contributed by atoms with Gasteiger partial charge in [0, 0.05) is 30.5 Å². The number of likely N-dealkylation sites (tertiary alicyclic amines) is 1. The van der Waals surface area contributed by atoms with E-state index in [0.29, 0.717) is 48.0 Å². The lowest BCUT2D eigenvalue weighted by molar-refractivity contribution is -0.138. The molecule has 2 heterocycles. The zero-order valence-electron chi connectivity index (χ0n) is 20.1. The van der Waals surface area contributed by atoms with Crippen molar-refractivity contribution >= 4 is 11.9 Å². The zero-order valence-corrected chi connectivity index (χ0v) is 20.1. The number of ether oxygens (including phenoxy) is 1. The van der Waals surface area contributed by atoms with Crippen molar-refractivity contribution in [3.05, 3.63) is 53.1 Å². The number of benzene rings is 2. The van der Waals surface area contributed by atoms with Crippen molar-refractivity contribution in [3.63, 3.8) is 0 Å². The molecule has 0 radical (unpaired) electrons. The number of carboxylic acid groups (broad SMARTS) is 1. The Balaban J connectivity index is 1.42. The van der Waals surface area contributed by atoms with E-state index < -0.39 is 5.97 Å². The maximum Gasteiger partial charge on any atom is 0.303 e. The van der Waals surface area contributed by atoms with Crippen LogP contribution in [0.2, 0.25) is 0 Å². The highest BCUT2D eigenvalue weighted by atomic mass is 16.5. The lowest BCUT2D eigenvalue weighted by Gasteiger charge is -2.25. The van der Waals surface area contributed by atoms with Crippen molar-refractivity contribution in [3.8, 4) is 34.7 Å². The Labute approximate surface area is 208 Å². The van der Waals surface area contributed by atoms with Crippen LogP contribution in [0, 0.1) is 17.2 Å². The van der Waals surface area contributed by atoms with Gasteiger partial charge in [0.15, 0.2) is 0 Å². The second-order valence-corrected chi connectivity index (χ2v) is 9.48. The van der Waals surface area contributed by atoms with E-state index in [2.05, 4.69) is 16.2 Å². The number of amides is 1. The van der Waals surface area contributed by atoms with E-state index in [0.717, 1.165) is 23.1 Å². The van der Waals surface area contributed by atoms with Gasteiger partial charge in [-0.1, -0.05) is 23.4 Å². The summed E-state index contributed by atoms with van der Waals surface area (Å²) in [6.45, 7) is 4.23. The summed E-state index contributed by atoms with van der Waals surface area (Å²) in [5.41, 5.74) is 4.03. The van der Waals surface area contributed by atoms with E-state index in [9.17, 15) is 14.9 Å². The number of aliphatic carboxylic acids is 1. The topological polar surface area (TPSA) is 130 Å². The number of nitrogens with zero attached hydrogens (tertiary/aromatic N) is 4. The van der Waals surface area contributed by atoms with Crippen molar-refractivity contribution < 1.29 is 24.0 Å². The van der Waals surface area contributed by atoms with E-state index in [1.807, 2.05) is 36.9 Å². The molecule has 184 valence electrons. The average molecular weight is 487 g/mol. The molecule has 36 heavy (non-hydrogen) atoms. The molecular weight excluding hydrogens is 460 g/mol. The summed E-state index contributed by atoms with van der Waals surface area (Å²) in [5.74, 6) is 0.628. The minimum absolute atomic E-state index is 0.0395. The maximum atomic E-state index is 12.6. The molecule has 1 N–H and O–H groups in total. The van der Waals surface area contributed by atoms with Gasteiger partial charge in [0.25, 0.3) is 5.89 Å². The summed E-state index contributed by atoms with van der Waals surface area (Å²) >= 11 is 0. The number of rotatable bonds is 8. The molecule has 5 rings (SSSR count). The summed E-state index contributed by atoms with van der Waals surface area (Å²) in [7, 11) is 0. The third kappa shape index (κ3) is 4.31. The zero-order chi connectivity index (χ0) is 25.4. The Morgan fingerprint density at radius 3 is 2.89 bits per heavy atom. The Hall–Kier alpha value is -4.19. The lowest BCUT2D eigenvalue weighted by atomic mass is 10.0. The Morgan fingerprint density at radius 2 is 2.14 bits per heavy atom. The predicted molar refractivity (Wildman–Crippen MR) is 129 cm³/mol. The average Bonchev–Trinajstić information content (AvgIpc) is 3.53. The summed E-state index contributed by atoms with van der Waals surface area (Å²) < 4.78 is 11.3. The highest BCUT2D eigenvalue weighted by Crippen LogP contribution is 2.49. The van der Waals surface area contributed by atoms with Gasteiger partial charge < -0.3 is 19.3 Å². The van der Waals surface area contributed by atoms with E-state index in [-0.39, 0.29) is 30.4 Å². The SMILES string of the molecule is CC(C)Oc1ccc(-c2nc(-c3cccc4c3CC3CC(=O)N(CCCC(=O)O)C43)no2)cc1C#N. The van der Waals surface area contributed by atoms with Gasteiger partial charge in [-0.05, 0) is 61.9 Å². The van der Waals surface area contributed by atoms with Crippen LogP contribution in [0.5, 0.6) is 5.75 Å². The molecule has 0 saturated carbocycles. The fourth-order valence-corrected chi connectivity index (χ4v) is 5.27. The fraction of sp³-hybridized carbons (Fsp3) is 0.370. The number of aromatic nitrogens is 2. The van der Waals surface area contributed by atoms with Crippen LogP contribution in [-0.2, 0) is 16.0 Å².